The van der Waals surface area contributed by atoms with E-state index in [0.29, 0.717) is 0 Å². The van der Waals surface area contributed by atoms with E-state index < -0.39 is 0 Å². The standard InChI is InChI=1S/C6H9NS.C6H6OS/c2*1-5(7)6-2-3-8-4-6/h2-5H,7H2,1H3;2-4H,1H3. The molecule has 0 aromatic carbocycles. The second-order valence-electron chi connectivity index (χ2n) is 3.41. The molecule has 2 aromatic heterocycles. The predicted octanol–water partition coefficient (Wildman–Crippen LogP) is 3.72. The maximum Gasteiger partial charge on any atom is 0.160 e. The van der Waals surface area contributed by atoms with E-state index in [1.54, 1.807) is 29.6 Å². The third-order valence-electron chi connectivity index (χ3n) is 2.00. The van der Waals surface area contributed by atoms with Gasteiger partial charge in [0.1, 0.15) is 0 Å². The van der Waals surface area contributed by atoms with E-state index in [0.717, 1.165) is 5.56 Å². The van der Waals surface area contributed by atoms with Crippen LogP contribution in [0.15, 0.2) is 33.7 Å². The van der Waals surface area contributed by atoms with Crippen molar-refractivity contribution in [2.24, 2.45) is 5.73 Å². The molecule has 0 bridgehead atoms. The minimum absolute atomic E-state index is 0.145. The SMILES string of the molecule is CC(=O)c1ccsc1.CC(N)c1ccsc1. The second kappa shape index (κ2) is 6.58. The van der Waals surface area contributed by atoms with Crippen molar-refractivity contribution in [2.75, 3.05) is 0 Å². The third-order valence-corrected chi connectivity index (χ3v) is 3.38. The van der Waals surface area contributed by atoms with E-state index in [1.807, 2.05) is 29.1 Å². The van der Waals surface area contributed by atoms with Crippen LogP contribution in [0.5, 0.6) is 0 Å². The number of ketones is 1. The van der Waals surface area contributed by atoms with E-state index in [4.69, 9.17) is 5.73 Å². The molecule has 16 heavy (non-hydrogen) atoms. The highest BCUT2D eigenvalue weighted by Gasteiger charge is 1.95. The molecule has 0 aliphatic carbocycles. The normalized spacial score (nSPS) is 11.4. The second-order valence-corrected chi connectivity index (χ2v) is 4.97. The molecule has 0 saturated heterocycles. The molecule has 4 heteroatoms. The summed E-state index contributed by atoms with van der Waals surface area (Å²) in [5.41, 5.74) is 7.61. The zero-order chi connectivity index (χ0) is 12.0. The van der Waals surface area contributed by atoms with Crippen LogP contribution in [0.2, 0.25) is 0 Å². The molecule has 0 radical (unpaired) electrons. The molecule has 86 valence electrons. The first kappa shape index (κ1) is 13.1. The quantitative estimate of drug-likeness (QED) is 0.829. The molecule has 0 aliphatic rings. The van der Waals surface area contributed by atoms with Gasteiger partial charge in [0.05, 0.1) is 0 Å². The summed E-state index contributed by atoms with van der Waals surface area (Å²) >= 11 is 3.23. The summed E-state index contributed by atoms with van der Waals surface area (Å²) in [5.74, 6) is 0.145. The highest BCUT2D eigenvalue weighted by Crippen LogP contribution is 2.12. The topological polar surface area (TPSA) is 43.1 Å². The fourth-order valence-electron chi connectivity index (χ4n) is 0.999. The van der Waals surface area contributed by atoms with Gasteiger partial charge in [-0.15, -0.1) is 0 Å². The number of Topliss-reactive ketones (excluding diaryl/α,β-unsaturated/α-hetero) is 1. The van der Waals surface area contributed by atoms with Crippen LogP contribution >= 0.6 is 22.7 Å². The number of hydrogen-bond donors (Lipinski definition) is 1. The zero-order valence-corrected chi connectivity index (χ0v) is 11.0. The molecule has 0 fully saturated rings. The fourth-order valence-corrected chi connectivity index (χ4v) is 2.46. The largest absolute Gasteiger partial charge is 0.324 e. The van der Waals surface area contributed by atoms with Crippen molar-refractivity contribution in [1.29, 1.82) is 0 Å². The van der Waals surface area contributed by atoms with Crippen LogP contribution in [0.4, 0.5) is 0 Å². The van der Waals surface area contributed by atoms with Crippen molar-refractivity contribution < 1.29 is 4.79 Å². The molecule has 2 aromatic rings. The van der Waals surface area contributed by atoms with E-state index >= 15 is 0 Å². The highest BCUT2D eigenvalue weighted by molar-refractivity contribution is 7.08. The van der Waals surface area contributed by atoms with Crippen LogP contribution in [0.3, 0.4) is 0 Å². The summed E-state index contributed by atoms with van der Waals surface area (Å²) in [4.78, 5) is 10.5. The van der Waals surface area contributed by atoms with Crippen LogP contribution in [0.1, 0.15) is 35.8 Å². The first-order valence-electron chi connectivity index (χ1n) is 4.92. The first-order chi connectivity index (χ1) is 7.61. The van der Waals surface area contributed by atoms with Crippen LogP contribution in [0.25, 0.3) is 0 Å². The molecule has 2 heterocycles. The summed E-state index contributed by atoms with van der Waals surface area (Å²) in [6.07, 6.45) is 0. The Morgan fingerprint density at radius 2 is 1.88 bits per heavy atom. The van der Waals surface area contributed by atoms with Crippen molar-refractivity contribution in [2.45, 2.75) is 19.9 Å². The third kappa shape index (κ3) is 4.26. The smallest absolute Gasteiger partial charge is 0.160 e. The number of nitrogens with two attached hydrogens (primary N) is 1. The average molecular weight is 253 g/mol. The van der Waals surface area contributed by atoms with Gasteiger partial charge in [-0.1, -0.05) is 0 Å². The minimum atomic E-state index is 0.145. The van der Waals surface area contributed by atoms with Crippen molar-refractivity contribution >= 4 is 28.5 Å². The van der Waals surface area contributed by atoms with Crippen molar-refractivity contribution in [1.82, 2.24) is 0 Å². The van der Waals surface area contributed by atoms with Gasteiger partial charge >= 0.3 is 0 Å². The van der Waals surface area contributed by atoms with Crippen LogP contribution in [-0.2, 0) is 0 Å². The lowest BCUT2D eigenvalue weighted by atomic mass is 10.2. The number of hydrogen-bond acceptors (Lipinski definition) is 4. The molecule has 0 saturated carbocycles. The van der Waals surface area contributed by atoms with Gasteiger partial charge in [0.2, 0.25) is 0 Å². The van der Waals surface area contributed by atoms with Crippen LogP contribution in [-0.4, -0.2) is 5.78 Å². The van der Waals surface area contributed by atoms with Gasteiger partial charge in [-0.3, -0.25) is 4.79 Å². The predicted molar refractivity (Wildman–Crippen MR) is 71.2 cm³/mol. The van der Waals surface area contributed by atoms with E-state index in [9.17, 15) is 4.79 Å². The molecule has 1 atom stereocenters. The van der Waals surface area contributed by atoms with Gasteiger partial charge in [-0.05, 0) is 47.7 Å². The average Bonchev–Trinajstić information content (AvgIpc) is 2.93. The summed E-state index contributed by atoms with van der Waals surface area (Å²) in [7, 11) is 0. The lowest BCUT2D eigenvalue weighted by Crippen LogP contribution is -2.02. The van der Waals surface area contributed by atoms with Gasteiger partial charge in [0.25, 0.3) is 0 Å². The Hall–Kier alpha value is -0.970. The molecule has 2 N–H and O–H groups in total. The lowest BCUT2D eigenvalue weighted by Gasteiger charge is -1.97. The van der Waals surface area contributed by atoms with Crippen LogP contribution in [0, 0.1) is 0 Å². The Balaban J connectivity index is 0.000000160. The molecule has 1 unspecified atom stereocenters. The summed E-state index contributed by atoms with van der Waals surface area (Å²) < 4.78 is 0. The van der Waals surface area contributed by atoms with Gasteiger partial charge < -0.3 is 5.73 Å². The Morgan fingerprint density at radius 3 is 2.12 bits per heavy atom. The maximum absolute atomic E-state index is 10.5. The first-order valence-corrected chi connectivity index (χ1v) is 6.80. The molecule has 0 amide bonds. The Bertz CT molecular complexity index is 404. The molecule has 0 spiro atoms. The Labute approximate surface area is 104 Å². The molecule has 2 nitrogen and oxygen atoms in total. The molecular formula is C12H15NOS2. The number of thiophene rings is 2. The Kier molecular flexibility index (Phi) is 5.38. The van der Waals surface area contributed by atoms with Crippen molar-refractivity contribution in [3.63, 3.8) is 0 Å². The number of carbonyl (C=O) groups is 1. The monoisotopic (exact) mass is 253 g/mol. The van der Waals surface area contributed by atoms with E-state index in [-0.39, 0.29) is 11.8 Å². The zero-order valence-electron chi connectivity index (χ0n) is 9.34. The Morgan fingerprint density at radius 1 is 1.25 bits per heavy atom. The van der Waals surface area contributed by atoms with Gasteiger partial charge in [0.15, 0.2) is 5.78 Å². The minimum Gasteiger partial charge on any atom is -0.324 e. The number of carbonyl (C=O) groups excluding carboxylic acids is 1. The summed E-state index contributed by atoms with van der Waals surface area (Å²) in [5, 5.41) is 7.86. The summed E-state index contributed by atoms with van der Waals surface area (Å²) in [6, 6.07) is 4.07. The van der Waals surface area contributed by atoms with Gasteiger partial charge in [-0.25, -0.2) is 0 Å². The van der Waals surface area contributed by atoms with E-state index in [1.165, 1.54) is 5.56 Å². The van der Waals surface area contributed by atoms with E-state index in [2.05, 4.69) is 11.4 Å². The molecule has 0 aliphatic heterocycles. The van der Waals surface area contributed by atoms with Gasteiger partial charge in [0, 0.05) is 17.0 Å². The fraction of sp³-hybridized carbons (Fsp3) is 0.250. The molecular weight excluding hydrogens is 238 g/mol. The lowest BCUT2D eigenvalue weighted by molar-refractivity contribution is 0.101. The van der Waals surface area contributed by atoms with Crippen LogP contribution < -0.4 is 5.73 Å². The maximum atomic E-state index is 10.5. The van der Waals surface area contributed by atoms with Gasteiger partial charge in [-0.2, -0.15) is 22.7 Å². The van der Waals surface area contributed by atoms with Crippen molar-refractivity contribution in [3.8, 4) is 0 Å². The molecule has 2 rings (SSSR count). The summed E-state index contributed by atoms with van der Waals surface area (Å²) in [6.45, 7) is 3.56. The number of rotatable bonds is 2. The van der Waals surface area contributed by atoms with Crippen molar-refractivity contribution in [3.05, 3.63) is 44.8 Å². The highest BCUT2D eigenvalue weighted by atomic mass is 32.1.